The van der Waals surface area contributed by atoms with Crippen molar-refractivity contribution in [2.75, 3.05) is 19.6 Å². The summed E-state index contributed by atoms with van der Waals surface area (Å²) in [4.78, 5) is 18.8. The number of carbonyl (C=O) groups is 1. The number of rotatable bonds is 5. The van der Waals surface area contributed by atoms with Crippen LogP contribution in [0.5, 0.6) is 0 Å². The number of unbranched alkanes of at least 4 members (excludes halogenated alkanes) is 1. The second-order valence-corrected chi connectivity index (χ2v) is 6.15. The average Bonchev–Trinajstić information content (AvgIpc) is 2.45. The van der Waals surface area contributed by atoms with Gasteiger partial charge in [0.2, 0.25) is 0 Å². The standard InChI is InChI=1S/C16H24ClN3O/c1-3-4-7-20-8-5-14(6-9-20)19-16(21)13-10-12(2)18-15(17)11-13/h10-11,14H,3-9H2,1-2H3,(H,19,21). The van der Waals surface area contributed by atoms with Crippen molar-refractivity contribution in [3.63, 3.8) is 0 Å². The Bertz CT molecular complexity index is 464. The summed E-state index contributed by atoms with van der Waals surface area (Å²) in [5, 5.41) is 3.48. The minimum Gasteiger partial charge on any atom is -0.349 e. The third-order valence-corrected chi connectivity index (χ3v) is 4.13. The summed E-state index contributed by atoms with van der Waals surface area (Å²) in [6, 6.07) is 3.67. The first-order chi connectivity index (χ1) is 10.1. The molecule has 116 valence electrons. The molecule has 1 aliphatic heterocycles. The van der Waals surface area contributed by atoms with Crippen LogP contribution in [-0.2, 0) is 0 Å². The van der Waals surface area contributed by atoms with E-state index in [0.717, 1.165) is 31.6 Å². The molecule has 0 aromatic carbocycles. The maximum Gasteiger partial charge on any atom is 0.251 e. The van der Waals surface area contributed by atoms with E-state index < -0.39 is 0 Å². The Morgan fingerprint density at radius 2 is 2.14 bits per heavy atom. The zero-order chi connectivity index (χ0) is 15.2. The second kappa shape index (κ2) is 7.76. The van der Waals surface area contributed by atoms with Crippen LogP contribution in [-0.4, -0.2) is 41.5 Å². The zero-order valence-electron chi connectivity index (χ0n) is 12.9. The van der Waals surface area contributed by atoms with E-state index in [1.165, 1.54) is 19.4 Å². The van der Waals surface area contributed by atoms with Crippen LogP contribution in [0.25, 0.3) is 0 Å². The summed E-state index contributed by atoms with van der Waals surface area (Å²) >= 11 is 5.91. The van der Waals surface area contributed by atoms with Gasteiger partial charge < -0.3 is 10.2 Å². The molecule has 0 unspecified atom stereocenters. The van der Waals surface area contributed by atoms with Gasteiger partial charge in [-0.1, -0.05) is 24.9 Å². The monoisotopic (exact) mass is 309 g/mol. The van der Waals surface area contributed by atoms with Crippen molar-refractivity contribution in [3.05, 3.63) is 28.5 Å². The van der Waals surface area contributed by atoms with Gasteiger partial charge in [-0.15, -0.1) is 0 Å². The van der Waals surface area contributed by atoms with Crippen molar-refractivity contribution in [2.45, 2.75) is 45.6 Å². The van der Waals surface area contributed by atoms with E-state index in [2.05, 4.69) is 22.1 Å². The van der Waals surface area contributed by atoms with Crippen molar-refractivity contribution >= 4 is 17.5 Å². The van der Waals surface area contributed by atoms with Gasteiger partial charge in [-0.2, -0.15) is 0 Å². The largest absolute Gasteiger partial charge is 0.349 e. The molecule has 0 saturated carbocycles. The predicted molar refractivity (Wildman–Crippen MR) is 85.8 cm³/mol. The predicted octanol–water partition coefficient (Wildman–Crippen LogP) is 3.04. The Hall–Kier alpha value is -1.13. The van der Waals surface area contributed by atoms with Crippen molar-refractivity contribution in [1.82, 2.24) is 15.2 Å². The molecule has 1 aromatic rings. The smallest absolute Gasteiger partial charge is 0.251 e. The highest BCUT2D eigenvalue weighted by atomic mass is 35.5. The van der Waals surface area contributed by atoms with Crippen LogP contribution in [0.15, 0.2) is 12.1 Å². The molecule has 21 heavy (non-hydrogen) atoms. The van der Waals surface area contributed by atoms with Crippen LogP contribution in [0.4, 0.5) is 0 Å². The number of amides is 1. The van der Waals surface area contributed by atoms with E-state index in [1.54, 1.807) is 12.1 Å². The Balaban J connectivity index is 1.84. The summed E-state index contributed by atoms with van der Waals surface area (Å²) < 4.78 is 0. The summed E-state index contributed by atoms with van der Waals surface area (Å²) in [7, 11) is 0. The normalized spacial score (nSPS) is 16.9. The number of hydrogen-bond acceptors (Lipinski definition) is 3. The number of nitrogens with zero attached hydrogens (tertiary/aromatic N) is 2. The molecular formula is C16H24ClN3O. The molecule has 4 nitrogen and oxygen atoms in total. The molecule has 1 aromatic heterocycles. The summed E-state index contributed by atoms with van der Waals surface area (Å²) in [5.41, 5.74) is 1.36. The number of aryl methyl sites for hydroxylation is 1. The zero-order valence-corrected chi connectivity index (χ0v) is 13.6. The minimum absolute atomic E-state index is 0.0468. The fourth-order valence-electron chi connectivity index (χ4n) is 2.71. The molecule has 1 fully saturated rings. The molecule has 0 bridgehead atoms. The molecule has 2 rings (SSSR count). The molecule has 0 atom stereocenters. The number of aromatic nitrogens is 1. The molecule has 1 amide bonds. The van der Waals surface area contributed by atoms with E-state index in [1.807, 2.05) is 6.92 Å². The molecule has 5 heteroatoms. The number of pyridine rings is 1. The van der Waals surface area contributed by atoms with Crippen LogP contribution in [0.1, 0.15) is 48.7 Å². The molecule has 0 radical (unpaired) electrons. The molecule has 2 heterocycles. The summed E-state index contributed by atoms with van der Waals surface area (Å²) in [6.07, 6.45) is 4.53. The van der Waals surface area contributed by atoms with Gasteiger partial charge in [-0.25, -0.2) is 4.98 Å². The lowest BCUT2D eigenvalue weighted by atomic mass is 10.0. The molecule has 1 saturated heterocycles. The van der Waals surface area contributed by atoms with E-state index in [9.17, 15) is 4.79 Å². The highest BCUT2D eigenvalue weighted by molar-refractivity contribution is 6.29. The van der Waals surface area contributed by atoms with Crippen molar-refractivity contribution in [3.8, 4) is 0 Å². The van der Waals surface area contributed by atoms with Crippen LogP contribution in [0.2, 0.25) is 5.15 Å². The lowest BCUT2D eigenvalue weighted by molar-refractivity contribution is 0.0910. The van der Waals surface area contributed by atoms with E-state index in [4.69, 9.17) is 11.6 Å². The van der Waals surface area contributed by atoms with Gasteiger partial charge in [-0.3, -0.25) is 4.79 Å². The average molecular weight is 310 g/mol. The van der Waals surface area contributed by atoms with Crippen LogP contribution < -0.4 is 5.32 Å². The summed E-state index contributed by atoms with van der Waals surface area (Å²) in [5.74, 6) is -0.0468. The van der Waals surface area contributed by atoms with Gasteiger partial charge in [-0.05, 0) is 44.9 Å². The number of halogens is 1. The second-order valence-electron chi connectivity index (χ2n) is 5.76. The van der Waals surface area contributed by atoms with Crippen molar-refractivity contribution < 1.29 is 4.79 Å². The number of hydrogen-bond donors (Lipinski definition) is 1. The number of carbonyl (C=O) groups excluding carboxylic acids is 1. The quantitative estimate of drug-likeness (QED) is 0.850. The Labute approximate surface area is 131 Å². The Morgan fingerprint density at radius 3 is 2.76 bits per heavy atom. The molecule has 0 aliphatic carbocycles. The number of likely N-dealkylation sites (tertiary alicyclic amines) is 1. The minimum atomic E-state index is -0.0468. The van der Waals surface area contributed by atoms with Gasteiger partial charge >= 0.3 is 0 Å². The molecule has 1 aliphatic rings. The van der Waals surface area contributed by atoms with Gasteiger partial charge in [0, 0.05) is 30.4 Å². The highest BCUT2D eigenvalue weighted by Crippen LogP contribution is 2.14. The van der Waals surface area contributed by atoms with Crippen LogP contribution in [0.3, 0.4) is 0 Å². The van der Waals surface area contributed by atoms with Crippen LogP contribution >= 0.6 is 11.6 Å². The van der Waals surface area contributed by atoms with E-state index in [-0.39, 0.29) is 11.9 Å². The fraction of sp³-hybridized carbons (Fsp3) is 0.625. The number of piperidine rings is 1. The maximum absolute atomic E-state index is 12.3. The molecular weight excluding hydrogens is 286 g/mol. The summed E-state index contributed by atoms with van der Waals surface area (Å²) in [6.45, 7) is 7.38. The van der Waals surface area contributed by atoms with Crippen molar-refractivity contribution in [2.24, 2.45) is 0 Å². The lowest BCUT2D eigenvalue weighted by Gasteiger charge is -2.32. The highest BCUT2D eigenvalue weighted by Gasteiger charge is 2.21. The van der Waals surface area contributed by atoms with Crippen LogP contribution in [0, 0.1) is 6.92 Å². The van der Waals surface area contributed by atoms with Gasteiger partial charge in [0.1, 0.15) is 5.15 Å². The first-order valence-corrected chi connectivity index (χ1v) is 8.13. The van der Waals surface area contributed by atoms with Gasteiger partial charge in [0.15, 0.2) is 0 Å². The number of nitrogens with one attached hydrogen (secondary N) is 1. The third kappa shape index (κ3) is 4.97. The van der Waals surface area contributed by atoms with Gasteiger partial charge in [0.25, 0.3) is 5.91 Å². The first kappa shape index (κ1) is 16.2. The molecule has 0 spiro atoms. The Kier molecular flexibility index (Phi) is 6.00. The van der Waals surface area contributed by atoms with E-state index >= 15 is 0 Å². The maximum atomic E-state index is 12.3. The third-order valence-electron chi connectivity index (χ3n) is 3.94. The fourth-order valence-corrected chi connectivity index (χ4v) is 2.96. The lowest BCUT2D eigenvalue weighted by Crippen LogP contribution is -2.44. The first-order valence-electron chi connectivity index (χ1n) is 7.76. The van der Waals surface area contributed by atoms with E-state index in [0.29, 0.717) is 10.7 Å². The molecule has 1 N–H and O–H groups in total. The topological polar surface area (TPSA) is 45.2 Å². The SMILES string of the molecule is CCCCN1CCC(NC(=O)c2cc(C)nc(Cl)c2)CC1. The van der Waals surface area contributed by atoms with Crippen molar-refractivity contribution in [1.29, 1.82) is 0 Å². The Morgan fingerprint density at radius 1 is 1.43 bits per heavy atom. The van der Waals surface area contributed by atoms with Gasteiger partial charge in [0.05, 0.1) is 0 Å².